The van der Waals surface area contributed by atoms with Gasteiger partial charge in [0.2, 0.25) is 11.7 Å². The Bertz CT molecular complexity index is 747. The molecule has 0 atom stereocenters. The van der Waals surface area contributed by atoms with Gasteiger partial charge in [0.1, 0.15) is 4.92 Å². The molecule has 2 heterocycles. The van der Waals surface area contributed by atoms with Crippen molar-refractivity contribution in [3.8, 4) is 0 Å². The minimum absolute atomic E-state index is 0.103. The van der Waals surface area contributed by atoms with E-state index in [9.17, 15) is 19.7 Å². The minimum Gasteiger partial charge on any atom is -0.397 e. The molecule has 2 aromatic rings. The Morgan fingerprint density at radius 3 is 2.80 bits per heavy atom. The number of hydrogen-bond acceptors (Lipinski definition) is 5. The van der Waals surface area contributed by atoms with Gasteiger partial charge in [0, 0.05) is 11.3 Å². The molecule has 0 saturated heterocycles. The highest BCUT2D eigenvalue weighted by Crippen LogP contribution is 2.26. The summed E-state index contributed by atoms with van der Waals surface area (Å²) in [6, 6.07) is 7.15. The van der Waals surface area contributed by atoms with Crippen molar-refractivity contribution in [2.75, 3.05) is 5.32 Å². The van der Waals surface area contributed by atoms with Crippen LogP contribution in [0.4, 0.5) is 11.6 Å². The van der Waals surface area contributed by atoms with E-state index in [-0.39, 0.29) is 18.1 Å². The second-order valence-corrected chi connectivity index (χ2v) is 4.32. The summed E-state index contributed by atoms with van der Waals surface area (Å²) in [6.07, 6.45) is 0.217. The summed E-state index contributed by atoms with van der Waals surface area (Å²) >= 11 is 0. The van der Waals surface area contributed by atoms with Gasteiger partial charge in [0.25, 0.3) is 0 Å². The number of nitro groups is 1. The van der Waals surface area contributed by atoms with E-state index in [0.29, 0.717) is 11.3 Å². The Morgan fingerprint density at radius 1 is 1.30 bits per heavy atom. The predicted octanol–water partition coefficient (Wildman–Crippen LogP) is 1.91. The number of furan rings is 1. The fraction of sp³-hybridized carbons (Fsp3) is 0.0769. The van der Waals surface area contributed by atoms with Crippen LogP contribution in [-0.2, 0) is 11.2 Å². The van der Waals surface area contributed by atoms with Crippen molar-refractivity contribution in [2.24, 2.45) is 0 Å². The zero-order valence-electron chi connectivity index (χ0n) is 10.1. The van der Waals surface area contributed by atoms with Crippen molar-refractivity contribution < 1.29 is 18.9 Å². The minimum atomic E-state index is -0.706. The van der Waals surface area contributed by atoms with Gasteiger partial charge in [-0.2, -0.15) is 0 Å². The number of nitrogens with one attached hydrogen (secondary N) is 1. The van der Waals surface area contributed by atoms with Gasteiger partial charge in [0.05, 0.1) is 12.5 Å². The largest absolute Gasteiger partial charge is 0.433 e. The molecule has 1 aliphatic rings. The lowest BCUT2D eigenvalue weighted by molar-refractivity contribution is -0.402. The number of hydrogen-bond donors (Lipinski definition) is 1. The highest BCUT2D eigenvalue weighted by atomic mass is 16.6. The van der Waals surface area contributed by atoms with Gasteiger partial charge in [-0.05, 0) is 29.8 Å². The van der Waals surface area contributed by atoms with Crippen molar-refractivity contribution in [1.82, 2.24) is 0 Å². The quantitative estimate of drug-likeness (QED) is 0.522. The molecule has 0 fully saturated rings. The Kier molecular flexibility index (Phi) is 2.60. The van der Waals surface area contributed by atoms with Crippen LogP contribution in [0.5, 0.6) is 0 Å². The molecule has 7 heteroatoms. The fourth-order valence-corrected chi connectivity index (χ4v) is 2.06. The molecular weight excluding hydrogens is 264 g/mol. The van der Waals surface area contributed by atoms with E-state index in [0.717, 1.165) is 11.6 Å². The van der Waals surface area contributed by atoms with E-state index in [2.05, 4.69) is 5.32 Å². The first kappa shape index (κ1) is 12.1. The normalized spacial score (nSPS) is 12.9. The zero-order valence-corrected chi connectivity index (χ0v) is 10.1. The third-order valence-corrected chi connectivity index (χ3v) is 2.99. The number of rotatable bonds is 3. The standard InChI is InChI=1S/C13H8N2O5/c16-11-6-8-5-7(1-2-9(8)14-11)13(17)10-3-4-12(20-10)15(18)19/h1-5H,6H2,(H,14,16). The molecule has 20 heavy (non-hydrogen) atoms. The van der Waals surface area contributed by atoms with Gasteiger partial charge >= 0.3 is 5.88 Å². The van der Waals surface area contributed by atoms with Crippen LogP contribution in [0, 0.1) is 10.1 Å². The number of benzene rings is 1. The second-order valence-electron chi connectivity index (χ2n) is 4.32. The second kappa shape index (κ2) is 4.30. The maximum atomic E-state index is 12.1. The third-order valence-electron chi connectivity index (χ3n) is 2.99. The molecule has 0 radical (unpaired) electrons. The fourth-order valence-electron chi connectivity index (χ4n) is 2.06. The Morgan fingerprint density at radius 2 is 2.10 bits per heavy atom. The van der Waals surface area contributed by atoms with E-state index in [1.54, 1.807) is 18.2 Å². The topological polar surface area (TPSA) is 102 Å². The van der Waals surface area contributed by atoms with Gasteiger partial charge in [0.15, 0.2) is 5.76 Å². The highest BCUT2D eigenvalue weighted by molar-refractivity contribution is 6.08. The molecule has 0 spiro atoms. The molecule has 0 unspecified atom stereocenters. The van der Waals surface area contributed by atoms with Gasteiger partial charge in [-0.15, -0.1) is 0 Å². The lowest BCUT2D eigenvalue weighted by Gasteiger charge is -2.01. The number of anilines is 1. The highest BCUT2D eigenvalue weighted by Gasteiger charge is 2.22. The molecule has 1 N–H and O–H groups in total. The molecule has 1 aromatic heterocycles. The number of carbonyl (C=O) groups excluding carboxylic acids is 2. The van der Waals surface area contributed by atoms with E-state index >= 15 is 0 Å². The summed E-state index contributed by atoms with van der Waals surface area (Å²) in [5, 5.41) is 13.2. The van der Waals surface area contributed by atoms with Crippen molar-refractivity contribution >= 4 is 23.3 Å². The Hall–Kier alpha value is -2.96. The van der Waals surface area contributed by atoms with Crippen molar-refractivity contribution in [2.45, 2.75) is 6.42 Å². The first-order valence-electron chi connectivity index (χ1n) is 5.76. The molecule has 0 aliphatic carbocycles. The maximum Gasteiger partial charge on any atom is 0.433 e. The molecular formula is C13H8N2O5. The van der Waals surface area contributed by atoms with Crippen LogP contribution in [-0.4, -0.2) is 16.6 Å². The van der Waals surface area contributed by atoms with E-state index < -0.39 is 16.6 Å². The zero-order chi connectivity index (χ0) is 14.3. The van der Waals surface area contributed by atoms with Crippen LogP contribution in [0.15, 0.2) is 34.7 Å². The van der Waals surface area contributed by atoms with Crippen molar-refractivity contribution in [3.63, 3.8) is 0 Å². The smallest absolute Gasteiger partial charge is 0.397 e. The number of nitrogens with zero attached hydrogens (tertiary/aromatic N) is 1. The summed E-state index contributed by atoms with van der Waals surface area (Å²) in [7, 11) is 0. The lowest BCUT2D eigenvalue weighted by Crippen LogP contribution is -2.03. The van der Waals surface area contributed by atoms with Gasteiger partial charge < -0.3 is 9.73 Å². The monoisotopic (exact) mass is 272 g/mol. The Labute approximate surface area is 112 Å². The average Bonchev–Trinajstić information content (AvgIpc) is 3.02. The number of amides is 1. The van der Waals surface area contributed by atoms with E-state index in [1.165, 1.54) is 6.07 Å². The number of carbonyl (C=O) groups is 2. The number of ketones is 1. The van der Waals surface area contributed by atoms with Gasteiger partial charge in [-0.25, -0.2) is 0 Å². The summed E-state index contributed by atoms with van der Waals surface area (Å²) in [5.41, 5.74) is 1.73. The summed E-state index contributed by atoms with van der Waals surface area (Å²) in [6.45, 7) is 0. The van der Waals surface area contributed by atoms with Crippen LogP contribution in [0.2, 0.25) is 0 Å². The predicted molar refractivity (Wildman–Crippen MR) is 67.6 cm³/mol. The van der Waals surface area contributed by atoms with Crippen molar-refractivity contribution in [3.05, 3.63) is 57.3 Å². The summed E-state index contributed by atoms with van der Waals surface area (Å²) in [4.78, 5) is 33.2. The van der Waals surface area contributed by atoms with Gasteiger partial charge in [-0.1, -0.05) is 0 Å². The lowest BCUT2D eigenvalue weighted by atomic mass is 10.0. The molecule has 1 amide bonds. The molecule has 1 aromatic carbocycles. The van der Waals surface area contributed by atoms with Crippen LogP contribution in [0.3, 0.4) is 0 Å². The van der Waals surface area contributed by atoms with Crippen LogP contribution >= 0.6 is 0 Å². The average molecular weight is 272 g/mol. The van der Waals surface area contributed by atoms with Crippen molar-refractivity contribution in [1.29, 1.82) is 0 Å². The van der Waals surface area contributed by atoms with E-state index in [4.69, 9.17) is 4.42 Å². The van der Waals surface area contributed by atoms with Crippen LogP contribution < -0.4 is 5.32 Å². The van der Waals surface area contributed by atoms with E-state index in [1.807, 2.05) is 0 Å². The summed E-state index contributed by atoms with van der Waals surface area (Å²) in [5.74, 6) is -1.17. The molecule has 0 bridgehead atoms. The van der Waals surface area contributed by atoms with Crippen LogP contribution in [0.25, 0.3) is 0 Å². The number of fused-ring (bicyclic) bond motifs is 1. The molecule has 3 rings (SSSR count). The first-order valence-corrected chi connectivity index (χ1v) is 5.76. The molecule has 1 aliphatic heterocycles. The third kappa shape index (κ3) is 1.95. The maximum absolute atomic E-state index is 12.1. The van der Waals surface area contributed by atoms with Crippen LogP contribution in [0.1, 0.15) is 21.7 Å². The molecule has 100 valence electrons. The Balaban J connectivity index is 1.93. The van der Waals surface area contributed by atoms with Gasteiger partial charge in [-0.3, -0.25) is 19.7 Å². The molecule has 7 nitrogen and oxygen atoms in total. The summed E-state index contributed by atoms with van der Waals surface area (Å²) < 4.78 is 4.87. The first-order chi connectivity index (χ1) is 9.54. The SMILES string of the molecule is O=C1Cc2cc(C(=O)c3ccc([N+](=O)[O-])o3)ccc2N1. The molecule has 0 saturated carbocycles.